The Kier molecular flexibility index (Phi) is 3.78. The summed E-state index contributed by atoms with van der Waals surface area (Å²) < 4.78 is 6.38. The van der Waals surface area contributed by atoms with E-state index < -0.39 is 0 Å². The summed E-state index contributed by atoms with van der Waals surface area (Å²) in [6.07, 6.45) is 1.60. The van der Waals surface area contributed by atoms with Crippen LogP contribution in [0.25, 0.3) is 0 Å². The highest BCUT2D eigenvalue weighted by atomic mass is 32.1. The van der Waals surface area contributed by atoms with Gasteiger partial charge in [0.1, 0.15) is 12.3 Å². The van der Waals surface area contributed by atoms with Gasteiger partial charge in [-0.05, 0) is 24.3 Å². The van der Waals surface area contributed by atoms with Crippen molar-refractivity contribution in [2.75, 3.05) is 12.4 Å². The van der Waals surface area contributed by atoms with Gasteiger partial charge in [-0.3, -0.25) is 14.2 Å². The summed E-state index contributed by atoms with van der Waals surface area (Å²) in [5.41, 5.74) is 0.670. The van der Waals surface area contributed by atoms with Crippen molar-refractivity contribution in [3.8, 4) is 5.75 Å². The molecule has 0 unspecified atom stereocenters. The highest BCUT2D eigenvalue weighted by Crippen LogP contribution is 2.14. The number of benzene rings is 1. The minimum absolute atomic E-state index is 0.0222. The summed E-state index contributed by atoms with van der Waals surface area (Å²) in [7, 11) is 1.58. The van der Waals surface area contributed by atoms with Gasteiger partial charge in [-0.15, -0.1) is 0 Å². The predicted octanol–water partition coefficient (Wildman–Crippen LogP) is 1.56. The van der Waals surface area contributed by atoms with Crippen LogP contribution in [-0.2, 0) is 11.3 Å². The van der Waals surface area contributed by atoms with E-state index in [0.29, 0.717) is 5.69 Å². The van der Waals surface area contributed by atoms with Crippen LogP contribution in [0.4, 0.5) is 5.69 Å². The summed E-state index contributed by atoms with van der Waals surface area (Å²) in [6.45, 7) is 0.0222. The van der Waals surface area contributed by atoms with Gasteiger partial charge in [-0.1, -0.05) is 11.3 Å². The van der Waals surface area contributed by atoms with Crippen LogP contribution >= 0.6 is 11.3 Å². The molecule has 0 aliphatic carbocycles. The van der Waals surface area contributed by atoms with Crippen LogP contribution in [0.2, 0.25) is 0 Å². The van der Waals surface area contributed by atoms with Gasteiger partial charge in [-0.2, -0.15) is 0 Å². The molecule has 5 nitrogen and oxygen atoms in total. The molecule has 6 heteroatoms. The molecular formula is C12H12N2O3S. The van der Waals surface area contributed by atoms with Crippen molar-refractivity contribution < 1.29 is 9.53 Å². The summed E-state index contributed by atoms with van der Waals surface area (Å²) in [4.78, 5) is 22.8. The van der Waals surface area contributed by atoms with Crippen LogP contribution in [0.3, 0.4) is 0 Å². The lowest BCUT2D eigenvalue weighted by Gasteiger charge is -2.06. The molecule has 2 aromatic rings. The standard InChI is InChI=1S/C12H12N2O3S/c1-17-10-4-2-9(3-5-10)13-11(15)8-14-6-7-18-12(14)16/h2-7H,8H2,1H3,(H,13,15). The number of carbonyl (C=O) groups is 1. The Labute approximate surface area is 108 Å². The average Bonchev–Trinajstić information content (AvgIpc) is 2.76. The van der Waals surface area contributed by atoms with E-state index in [9.17, 15) is 9.59 Å². The first kappa shape index (κ1) is 12.4. The van der Waals surface area contributed by atoms with Crippen molar-refractivity contribution in [2.45, 2.75) is 6.54 Å². The second-order valence-electron chi connectivity index (χ2n) is 3.57. The Morgan fingerprint density at radius 1 is 1.39 bits per heavy atom. The number of aromatic nitrogens is 1. The quantitative estimate of drug-likeness (QED) is 0.911. The van der Waals surface area contributed by atoms with Gasteiger partial charge in [-0.25, -0.2) is 0 Å². The predicted molar refractivity (Wildman–Crippen MR) is 70.2 cm³/mol. The van der Waals surface area contributed by atoms with Crippen molar-refractivity contribution >= 4 is 22.9 Å². The molecule has 1 heterocycles. The van der Waals surface area contributed by atoms with Gasteiger partial charge in [0, 0.05) is 17.3 Å². The van der Waals surface area contributed by atoms with E-state index in [1.807, 2.05) is 0 Å². The van der Waals surface area contributed by atoms with E-state index in [0.717, 1.165) is 17.1 Å². The molecule has 0 saturated carbocycles. The van der Waals surface area contributed by atoms with Crippen molar-refractivity contribution in [2.24, 2.45) is 0 Å². The normalized spacial score (nSPS) is 10.1. The summed E-state index contributed by atoms with van der Waals surface area (Å²) in [5, 5.41) is 4.36. The molecule has 1 aromatic heterocycles. The van der Waals surface area contributed by atoms with Crippen LogP contribution in [0.5, 0.6) is 5.75 Å². The van der Waals surface area contributed by atoms with Gasteiger partial charge < -0.3 is 10.1 Å². The first-order valence-electron chi connectivity index (χ1n) is 5.27. The average molecular weight is 264 g/mol. The highest BCUT2D eigenvalue weighted by Gasteiger charge is 2.05. The fourth-order valence-electron chi connectivity index (χ4n) is 1.44. The van der Waals surface area contributed by atoms with Crippen molar-refractivity contribution in [3.05, 3.63) is 45.5 Å². The maximum absolute atomic E-state index is 11.7. The second-order valence-corrected chi connectivity index (χ2v) is 4.43. The number of ether oxygens (including phenoxy) is 1. The number of methoxy groups -OCH3 is 1. The van der Waals surface area contributed by atoms with E-state index in [4.69, 9.17) is 4.74 Å². The number of hydrogen-bond acceptors (Lipinski definition) is 4. The molecule has 0 spiro atoms. The third kappa shape index (κ3) is 2.98. The molecule has 2 rings (SSSR count). The first-order valence-corrected chi connectivity index (χ1v) is 6.15. The lowest BCUT2D eigenvalue weighted by Crippen LogP contribution is -2.23. The number of nitrogens with zero attached hydrogens (tertiary/aromatic N) is 1. The molecule has 1 aromatic carbocycles. The molecule has 0 saturated heterocycles. The van der Waals surface area contributed by atoms with E-state index in [1.54, 1.807) is 43.0 Å². The Balaban J connectivity index is 1.98. The molecule has 94 valence electrons. The number of anilines is 1. The molecule has 0 radical (unpaired) electrons. The first-order chi connectivity index (χ1) is 8.69. The van der Waals surface area contributed by atoms with Gasteiger partial charge >= 0.3 is 4.87 Å². The largest absolute Gasteiger partial charge is 0.497 e. The lowest BCUT2D eigenvalue weighted by molar-refractivity contribution is -0.116. The van der Waals surface area contributed by atoms with Crippen molar-refractivity contribution in [1.29, 1.82) is 0 Å². The molecule has 0 atom stereocenters. The highest BCUT2D eigenvalue weighted by molar-refractivity contribution is 7.07. The topological polar surface area (TPSA) is 60.3 Å². The molecule has 1 N–H and O–H groups in total. The molecule has 0 bridgehead atoms. The van der Waals surface area contributed by atoms with Crippen molar-refractivity contribution in [3.63, 3.8) is 0 Å². The monoisotopic (exact) mass is 264 g/mol. The number of amides is 1. The maximum atomic E-state index is 11.7. The van der Waals surface area contributed by atoms with Crippen LogP contribution in [0, 0.1) is 0 Å². The Morgan fingerprint density at radius 2 is 2.11 bits per heavy atom. The zero-order chi connectivity index (χ0) is 13.0. The van der Waals surface area contributed by atoms with Gasteiger partial charge in [0.2, 0.25) is 5.91 Å². The number of hydrogen-bond donors (Lipinski definition) is 1. The Hall–Kier alpha value is -2.08. The molecule has 1 amide bonds. The van der Waals surface area contributed by atoms with E-state index in [1.165, 1.54) is 4.57 Å². The number of rotatable bonds is 4. The minimum Gasteiger partial charge on any atom is -0.497 e. The maximum Gasteiger partial charge on any atom is 0.307 e. The zero-order valence-electron chi connectivity index (χ0n) is 9.75. The molecule has 0 fully saturated rings. The summed E-state index contributed by atoms with van der Waals surface area (Å²) >= 11 is 1.07. The molecule has 0 aliphatic rings. The van der Waals surface area contributed by atoms with E-state index in [2.05, 4.69) is 5.32 Å². The third-order valence-electron chi connectivity index (χ3n) is 2.33. The van der Waals surface area contributed by atoms with Gasteiger partial charge in [0.25, 0.3) is 0 Å². The molecule has 18 heavy (non-hydrogen) atoms. The number of thiazole rings is 1. The van der Waals surface area contributed by atoms with E-state index in [-0.39, 0.29) is 17.3 Å². The number of carbonyl (C=O) groups excluding carboxylic acids is 1. The third-order valence-corrected chi connectivity index (χ3v) is 3.03. The fourth-order valence-corrected chi connectivity index (χ4v) is 2.02. The summed E-state index contributed by atoms with van der Waals surface area (Å²) in [6, 6.07) is 7.00. The fraction of sp³-hybridized carbons (Fsp3) is 0.167. The lowest BCUT2D eigenvalue weighted by atomic mass is 10.3. The SMILES string of the molecule is COc1ccc(NC(=O)Cn2ccsc2=O)cc1. The van der Waals surface area contributed by atoms with Crippen molar-refractivity contribution in [1.82, 2.24) is 4.57 Å². The Morgan fingerprint density at radius 3 is 2.67 bits per heavy atom. The summed E-state index contributed by atoms with van der Waals surface area (Å²) in [5.74, 6) is 0.489. The molecular weight excluding hydrogens is 252 g/mol. The van der Waals surface area contributed by atoms with Crippen LogP contribution in [0.15, 0.2) is 40.6 Å². The van der Waals surface area contributed by atoms with Crippen LogP contribution in [0.1, 0.15) is 0 Å². The van der Waals surface area contributed by atoms with Gasteiger partial charge in [0.05, 0.1) is 7.11 Å². The smallest absolute Gasteiger partial charge is 0.307 e. The second kappa shape index (κ2) is 5.50. The Bertz CT molecular complexity index is 586. The van der Waals surface area contributed by atoms with Crippen LogP contribution < -0.4 is 14.9 Å². The number of nitrogens with one attached hydrogen (secondary N) is 1. The minimum atomic E-state index is -0.235. The zero-order valence-corrected chi connectivity index (χ0v) is 10.6. The molecule has 0 aliphatic heterocycles. The van der Waals surface area contributed by atoms with Gasteiger partial charge in [0.15, 0.2) is 0 Å². The van der Waals surface area contributed by atoms with Crippen LogP contribution in [-0.4, -0.2) is 17.6 Å². The van der Waals surface area contributed by atoms with E-state index >= 15 is 0 Å².